The molecule has 0 saturated heterocycles. The molecule has 0 bridgehead atoms. The molecule has 0 spiro atoms. The SMILES string of the molecule is CCC(CCN)CCC(=O)OC1CCCC(CC)C1. The minimum atomic E-state index is -0.00257. The molecule has 19 heavy (non-hydrogen) atoms. The molecular formula is C16H31NO2. The van der Waals surface area contributed by atoms with E-state index in [-0.39, 0.29) is 12.1 Å². The molecule has 1 rings (SSSR count). The van der Waals surface area contributed by atoms with Crippen molar-refractivity contribution in [3.63, 3.8) is 0 Å². The zero-order valence-corrected chi connectivity index (χ0v) is 12.7. The maximum atomic E-state index is 11.9. The van der Waals surface area contributed by atoms with E-state index in [9.17, 15) is 4.79 Å². The van der Waals surface area contributed by atoms with Crippen molar-refractivity contribution in [1.82, 2.24) is 0 Å². The van der Waals surface area contributed by atoms with Crippen LogP contribution in [0.5, 0.6) is 0 Å². The molecule has 3 heteroatoms. The first kappa shape index (κ1) is 16.5. The number of carbonyl (C=O) groups excluding carboxylic acids is 1. The number of rotatable bonds is 8. The first-order chi connectivity index (χ1) is 9.19. The summed E-state index contributed by atoms with van der Waals surface area (Å²) in [5.41, 5.74) is 5.58. The minimum absolute atomic E-state index is 0.00257. The topological polar surface area (TPSA) is 52.3 Å². The van der Waals surface area contributed by atoms with Gasteiger partial charge < -0.3 is 10.5 Å². The van der Waals surface area contributed by atoms with Gasteiger partial charge in [0.25, 0.3) is 0 Å². The maximum absolute atomic E-state index is 11.9. The Morgan fingerprint density at radius 2 is 2.11 bits per heavy atom. The second-order valence-corrected chi connectivity index (χ2v) is 5.94. The Balaban J connectivity index is 2.22. The van der Waals surface area contributed by atoms with E-state index < -0.39 is 0 Å². The van der Waals surface area contributed by atoms with Crippen LogP contribution < -0.4 is 5.73 Å². The Morgan fingerprint density at radius 1 is 1.32 bits per heavy atom. The molecule has 0 amide bonds. The lowest BCUT2D eigenvalue weighted by Gasteiger charge is -2.28. The highest BCUT2D eigenvalue weighted by Crippen LogP contribution is 2.28. The predicted octanol–water partition coefficient (Wildman–Crippen LogP) is 3.65. The summed E-state index contributed by atoms with van der Waals surface area (Å²) in [4.78, 5) is 11.9. The fraction of sp³-hybridized carbons (Fsp3) is 0.938. The van der Waals surface area contributed by atoms with Crippen molar-refractivity contribution in [2.24, 2.45) is 17.6 Å². The van der Waals surface area contributed by atoms with Gasteiger partial charge >= 0.3 is 5.97 Å². The molecule has 0 aromatic rings. The Hall–Kier alpha value is -0.570. The van der Waals surface area contributed by atoms with Crippen LogP contribution >= 0.6 is 0 Å². The molecule has 1 aliphatic carbocycles. The van der Waals surface area contributed by atoms with Gasteiger partial charge in [0.1, 0.15) is 6.10 Å². The lowest BCUT2D eigenvalue weighted by atomic mass is 9.85. The molecule has 1 fully saturated rings. The van der Waals surface area contributed by atoms with E-state index in [1.165, 1.54) is 19.3 Å². The molecule has 0 heterocycles. The molecule has 3 atom stereocenters. The fourth-order valence-electron chi connectivity index (χ4n) is 3.07. The molecule has 0 aliphatic heterocycles. The number of nitrogens with two attached hydrogens (primary N) is 1. The van der Waals surface area contributed by atoms with Crippen LogP contribution in [0, 0.1) is 11.8 Å². The molecule has 0 radical (unpaired) electrons. The van der Waals surface area contributed by atoms with E-state index >= 15 is 0 Å². The Bertz CT molecular complexity index is 255. The molecule has 3 nitrogen and oxygen atoms in total. The van der Waals surface area contributed by atoms with Crippen molar-refractivity contribution >= 4 is 5.97 Å². The van der Waals surface area contributed by atoms with Gasteiger partial charge in [-0.3, -0.25) is 4.79 Å². The summed E-state index contributed by atoms with van der Waals surface area (Å²) in [6.07, 6.45) is 9.65. The summed E-state index contributed by atoms with van der Waals surface area (Å²) in [5, 5.41) is 0. The van der Waals surface area contributed by atoms with Crippen LogP contribution in [0.1, 0.15) is 71.6 Å². The van der Waals surface area contributed by atoms with E-state index in [0.29, 0.717) is 18.9 Å². The fourth-order valence-corrected chi connectivity index (χ4v) is 3.07. The monoisotopic (exact) mass is 269 g/mol. The highest BCUT2D eigenvalue weighted by Gasteiger charge is 2.23. The zero-order chi connectivity index (χ0) is 14.1. The summed E-state index contributed by atoms with van der Waals surface area (Å²) in [5.74, 6) is 1.33. The number of hydrogen-bond acceptors (Lipinski definition) is 3. The van der Waals surface area contributed by atoms with Crippen LogP contribution in [-0.4, -0.2) is 18.6 Å². The summed E-state index contributed by atoms with van der Waals surface area (Å²) in [7, 11) is 0. The van der Waals surface area contributed by atoms with Crippen molar-refractivity contribution < 1.29 is 9.53 Å². The van der Waals surface area contributed by atoms with Gasteiger partial charge in [-0.25, -0.2) is 0 Å². The third-order valence-corrected chi connectivity index (χ3v) is 4.52. The Labute approximate surface area is 118 Å². The van der Waals surface area contributed by atoms with Crippen LogP contribution in [-0.2, 0) is 9.53 Å². The predicted molar refractivity (Wildman–Crippen MR) is 78.8 cm³/mol. The highest BCUT2D eigenvalue weighted by atomic mass is 16.5. The van der Waals surface area contributed by atoms with E-state index in [2.05, 4.69) is 13.8 Å². The van der Waals surface area contributed by atoms with Gasteiger partial charge in [-0.2, -0.15) is 0 Å². The van der Waals surface area contributed by atoms with Crippen LogP contribution in [0.4, 0.5) is 0 Å². The lowest BCUT2D eigenvalue weighted by molar-refractivity contribution is -0.151. The third kappa shape index (κ3) is 6.42. The summed E-state index contributed by atoms with van der Waals surface area (Å²) < 4.78 is 5.63. The number of ether oxygens (including phenoxy) is 1. The number of hydrogen-bond donors (Lipinski definition) is 1. The van der Waals surface area contributed by atoms with Gasteiger partial charge in [0, 0.05) is 6.42 Å². The van der Waals surface area contributed by atoms with Gasteiger partial charge in [0.05, 0.1) is 0 Å². The quantitative estimate of drug-likeness (QED) is 0.684. The highest BCUT2D eigenvalue weighted by molar-refractivity contribution is 5.69. The van der Waals surface area contributed by atoms with Crippen LogP contribution in [0.3, 0.4) is 0 Å². The summed E-state index contributed by atoms with van der Waals surface area (Å²) in [6, 6.07) is 0. The van der Waals surface area contributed by atoms with Gasteiger partial charge in [-0.15, -0.1) is 0 Å². The first-order valence-electron chi connectivity index (χ1n) is 8.09. The summed E-state index contributed by atoms with van der Waals surface area (Å²) >= 11 is 0. The third-order valence-electron chi connectivity index (χ3n) is 4.52. The number of esters is 1. The molecular weight excluding hydrogens is 238 g/mol. The van der Waals surface area contributed by atoms with E-state index in [0.717, 1.165) is 38.0 Å². The average Bonchev–Trinajstić information content (AvgIpc) is 2.43. The molecule has 1 aliphatic rings. The second kappa shape index (κ2) is 9.35. The number of carbonyl (C=O) groups is 1. The lowest BCUT2D eigenvalue weighted by Crippen LogP contribution is -2.25. The minimum Gasteiger partial charge on any atom is -0.462 e. The molecule has 0 aromatic heterocycles. The molecule has 1 saturated carbocycles. The Morgan fingerprint density at radius 3 is 2.74 bits per heavy atom. The van der Waals surface area contributed by atoms with Crippen LogP contribution in [0.15, 0.2) is 0 Å². The Kier molecular flexibility index (Phi) is 8.11. The molecule has 2 N–H and O–H groups in total. The normalized spacial score (nSPS) is 25.0. The van der Waals surface area contributed by atoms with Gasteiger partial charge in [-0.1, -0.05) is 33.1 Å². The molecule has 112 valence electrons. The first-order valence-corrected chi connectivity index (χ1v) is 8.09. The summed E-state index contributed by atoms with van der Waals surface area (Å²) in [6.45, 7) is 5.11. The van der Waals surface area contributed by atoms with Crippen molar-refractivity contribution in [3.8, 4) is 0 Å². The standard InChI is InChI=1S/C16H31NO2/c1-3-13(10-11-17)8-9-16(18)19-15-7-5-6-14(4-2)12-15/h13-15H,3-12,17H2,1-2H3. The second-order valence-electron chi connectivity index (χ2n) is 5.94. The van der Waals surface area contributed by atoms with E-state index in [1.807, 2.05) is 0 Å². The van der Waals surface area contributed by atoms with Gasteiger partial charge in [0.15, 0.2) is 0 Å². The zero-order valence-electron chi connectivity index (χ0n) is 12.7. The van der Waals surface area contributed by atoms with Crippen molar-refractivity contribution in [2.45, 2.75) is 77.7 Å². The van der Waals surface area contributed by atoms with E-state index in [1.54, 1.807) is 0 Å². The maximum Gasteiger partial charge on any atom is 0.306 e. The molecule has 0 aromatic carbocycles. The smallest absolute Gasteiger partial charge is 0.306 e. The van der Waals surface area contributed by atoms with Gasteiger partial charge in [0.2, 0.25) is 0 Å². The van der Waals surface area contributed by atoms with Gasteiger partial charge in [-0.05, 0) is 50.5 Å². The average molecular weight is 269 g/mol. The largest absolute Gasteiger partial charge is 0.462 e. The van der Waals surface area contributed by atoms with Crippen molar-refractivity contribution in [3.05, 3.63) is 0 Å². The van der Waals surface area contributed by atoms with Crippen LogP contribution in [0.25, 0.3) is 0 Å². The van der Waals surface area contributed by atoms with Crippen molar-refractivity contribution in [1.29, 1.82) is 0 Å². The molecule has 3 unspecified atom stereocenters. The van der Waals surface area contributed by atoms with Crippen LogP contribution in [0.2, 0.25) is 0 Å². The van der Waals surface area contributed by atoms with E-state index in [4.69, 9.17) is 10.5 Å². The van der Waals surface area contributed by atoms with Crippen molar-refractivity contribution in [2.75, 3.05) is 6.54 Å².